The second-order valence-electron chi connectivity index (χ2n) is 3.82. The number of anilines is 1. The summed E-state index contributed by atoms with van der Waals surface area (Å²) in [5.74, 6) is 0. The Kier molecular flexibility index (Phi) is 6.40. The topological polar surface area (TPSA) is 49.5 Å². The van der Waals surface area contributed by atoms with Gasteiger partial charge >= 0.3 is 0 Å². The van der Waals surface area contributed by atoms with Crippen molar-refractivity contribution in [1.82, 2.24) is 0 Å². The average Bonchev–Trinajstić information content (AvgIpc) is 2.39. The first-order valence-electron chi connectivity index (χ1n) is 6.00. The zero-order valence-corrected chi connectivity index (χ0v) is 11.5. The summed E-state index contributed by atoms with van der Waals surface area (Å²) in [7, 11) is 0. The predicted molar refractivity (Wildman–Crippen MR) is 75.7 cm³/mol. The largest absolute Gasteiger partial charge is 0.396 e. The Morgan fingerprint density at radius 2 is 2.18 bits per heavy atom. The maximum atomic E-state index is 8.93. The van der Waals surface area contributed by atoms with Crippen LogP contribution in [0.2, 0.25) is 0 Å². The molecule has 0 bridgehead atoms. The normalized spacial score (nSPS) is 10.6. The highest BCUT2D eigenvalue weighted by atomic mass is 32.2. The summed E-state index contributed by atoms with van der Waals surface area (Å²) >= 11 is 1.73. The molecule has 0 heterocycles. The quantitative estimate of drug-likeness (QED) is 0.731. The summed E-state index contributed by atoms with van der Waals surface area (Å²) in [4.78, 5) is 3.52. The van der Waals surface area contributed by atoms with Crippen LogP contribution in [0.15, 0.2) is 23.1 Å². The molecule has 96 valence electrons. The third-order valence-corrected chi connectivity index (χ3v) is 3.66. The van der Waals surface area contributed by atoms with Crippen molar-refractivity contribution in [1.29, 1.82) is 0 Å². The number of hydrogen-bond donors (Lipinski definition) is 2. The monoisotopic (exact) mass is 254 g/mol. The summed E-state index contributed by atoms with van der Waals surface area (Å²) in [6.07, 6.45) is 2.86. The number of thioether (sulfide) groups is 1. The fraction of sp³-hybridized carbons (Fsp3) is 0.538. The zero-order chi connectivity index (χ0) is 12.7. The molecule has 0 aliphatic heterocycles. The Bertz CT molecular complexity index is 344. The summed E-state index contributed by atoms with van der Waals surface area (Å²) in [5, 5.41) is 8.93. The fourth-order valence-electron chi connectivity index (χ4n) is 1.96. The summed E-state index contributed by atoms with van der Waals surface area (Å²) < 4.78 is 0. The highest BCUT2D eigenvalue weighted by molar-refractivity contribution is 7.98. The lowest BCUT2D eigenvalue weighted by Crippen LogP contribution is -2.26. The Morgan fingerprint density at radius 1 is 1.41 bits per heavy atom. The van der Waals surface area contributed by atoms with E-state index in [2.05, 4.69) is 36.3 Å². The first-order chi connectivity index (χ1) is 8.28. The van der Waals surface area contributed by atoms with Crippen LogP contribution in [-0.4, -0.2) is 31.1 Å². The molecule has 0 atom stereocenters. The van der Waals surface area contributed by atoms with Gasteiger partial charge in [0.05, 0.1) is 0 Å². The predicted octanol–water partition coefficient (Wildman–Crippen LogP) is 2.08. The minimum atomic E-state index is 0.233. The lowest BCUT2D eigenvalue weighted by molar-refractivity contribution is 0.289. The number of hydrogen-bond acceptors (Lipinski definition) is 4. The summed E-state index contributed by atoms with van der Waals surface area (Å²) in [6.45, 7) is 4.73. The van der Waals surface area contributed by atoms with Crippen LogP contribution in [0.5, 0.6) is 0 Å². The molecule has 0 aromatic heterocycles. The highest BCUT2D eigenvalue weighted by Crippen LogP contribution is 2.29. The van der Waals surface area contributed by atoms with Gasteiger partial charge in [0.2, 0.25) is 0 Å². The van der Waals surface area contributed by atoms with Gasteiger partial charge < -0.3 is 15.7 Å². The van der Waals surface area contributed by atoms with E-state index in [4.69, 9.17) is 10.8 Å². The van der Waals surface area contributed by atoms with Gasteiger partial charge in [-0.3, -0.25) is 0 Å². The van der Waals surface area contributed by atoms with E-state index in [1.54, 1.807) is 11.8 Å². The summed E-state index contributed by atoms with van der Waals surface area (Å²) in [5.41, 5.74) is 8.27. The smallest absolute Gasteiger partial charge is 0.0447 e. The lowest BCUT2D eigenvalue weighted by Gasteiger charge is -2.26. The van der Waals surface area contributed by atoms with E-state index in [1.807, 2.05) is 0 Å². The lowest BCUT2D eigenvalue weighted by atomic mass is 10.1. The highest BCUT2D eigenvalue weighted by Gasteiger charge is 2.11. The van der Waals surface area contributed by atoms with Crippen molar-refractivity contribution in [3.8, 4) is 0 Å². The molecule has 0 radical (unpaired) electrons. The summed E-state index contributed by atoms with van der Waals surface area (Å²) in [6, 6.07) is 6.29. The number of benzene rings is 1. The van der Waals surface area contributed by atoms with Crippen LogP contribution >= 0.6 is 11.8 Å². The third-order valence-electron chi connectivity index (χ3n) is 2.84. The molecule has 1 aromatic carbocycles. The first-order valence-corrected chi connectivity index (χ1v) is 7.22. The van der Waals surface area contributed by atoms with Crippen LogP contribution in [0.3, 0.4) is 0 Å². The molecular weight excluding hydrogens is 232 g/mol. The minimum absolute atomic E-state index is 0.233. The Labute approximate surface area is 108 Å². The van der Waals surface area contributed by atoms with Crippen molar-refractivity contribution in [2.24, 2.45) is 5.73 Å². The molecule has 0 amide bonds. The Hall–Kier alpha value is -0.710. The van der Waals surface area contributed by atoms with E-state index in [0.29, 0.717) is 6.54 Å². The van der Waals surface area contributed by atoms with Crippen molar-refractivity contribution in [3.63, 3.8) is 0 Å². The van der Waals surface area contributed by atoms with Crippen molar-refractivity contribution in [2.75, 3.05) is 30.9 Å². The molecule has 17 heavy (non-hydrogen) atoms. The van der Waals surface area contributed by atoms with Gasteiger partial charge in [0, 0.05) is 42.4 Å². The number of nitrogens with zero attached hydrogens (tertiary/aromatic N) is 1. The van der Waals surface area contributed by atoms with Gasteiger partial charge in [-0.1, -0.05) is 6.07 Å². The molecule has 0 spiro atoms. The number of aliphatic hydroxyl groups excluding tert-OH is 1. The average molecular weight is 254 g/mol. The number of aliphatic hydroxyl groups is 1. The van der Waals surface area contributed by atoms with Crippen LogP contribution in [0.1, 0.15) is 18.9 Å². The number of rotatable bonds is 7. The molecule has 0 saturated carbocycles. The van der Waals surface area contributed by atoms with E-state index in [9.17, 15) is 0 Å². The number of nitrogens with two attached hydrogens (primary N) is 1. The van der Waals surface area contributed by atoms with Crippen LogP contribution in [-0.2, 0) is 6.54 Å². The van der Waals surface area contributed by atoms with E-state index < -0.39 is 0 Å². The van der Waals surface area contributed by atoms with Crippen molar-refractivity contribution < 1.29 is 5.11 Å². The molecule has 3 N–H and O–H groups in total. The van der Waals surface area contributed by atoms with Gasteiger partial charge in [0.15, 0.2) is 0 Å². The molecule has 0 aliphatic carbocycles. The van der Waals surface area contributed by atoms with Crippen LogP contribution in [0, 0.1) is 0 Å². The molecule has 3 nitrogen and oxygen atoms in total. The molecule has 0 unspecified atom stereocenters. The maximum absolute atomic E-state index is 8.93. The van der Waals surface area contributed by atoms with Gasteiger partial charge in [0.25, 0.3) is 0 Å². The Balaban J connectivity index is 3.00. The minimum Gasteiger partial charge on any atom is -0.396 e. The maximum Gasteiger partial charge on any atom is 0.0447 e. The molecule has 0 fully saturated rings. The molecule has 1 rings (SSSR count). The SMILES string of the molecule is CCN(CCCO)c1cccc(SC)c1CN. The van der Waals surface area contributed by atoms with Gasteiger partial charge in [-0.25, -0.2) is 0 Å². The van der Waals surface area contributed by atoms with Crippen molar-refractivity contribution in [3.05, 3.63) is 23.8 Å². The molecule has 0 aliphatic rings. The van der Waals surface area contributed by atoms with Crippen LogP contribution < -0.4 is 10.6 Å². The molecular formula is C13H22N2OS. The van der Waals surface area contributed by atoms with Gasteiger partial charge in [-0.2, -0.15) is 0 Å². The van der Waals surface area contributed by atoms with Crippen LogP contribution in [0.4, 0.5) is 5.69 Å². The van der Waals surface area contributed by atoms with E-state index in [0.717, 1.165) is 19.5 Å². The molecule has 1 aromatic rings. The van der Waals surface area contributed by atoms with Crippen LogP contribution in [0.25, 0.3) is 0 Å². The van der Waals surface area contributed by atoms with Gasteiger partial charge in [0.1, 0.15) is 0 Å². The van der Waals surface area contributed by atoms with E-state index in [-0.39, 0.29) is 6.61 Å². The second kappa shape index (κ2) is 7.58. The molecule has 4 heteroatoms. The van der Waals surface area contributed by atoms with E-state index in [1.165, 1.54) is 16.1 Å². The zero-order valence-electron chi connectivity index (χ0n) is 10.6. The Morgan fingerprint density at radius 3 is 2.71 bits per heavy atom. The first kappa shape index (κ1) is 14.4. The fourth-order valence-corrected chi connectivity index (χ4v) is 2.61. The van der Waals surface area contributed by atoms with Crippen molar-refractivity contribution >= 4 is 17.4 Å². The third kappa shape index (κ3) is 3.63. The second-order valence-corrected chi connectivity index (χ2v) is 4.67. The van der Waals surface area contributed by atoms with E-state index >= 15 is 0 Å². The van der Waals surface area contributed by atoms with Gasteiger partial charge in [-0.05, 0) is 31.7 Å². The van der Waals surface area contributed by atoms with Gasteiger partial charge in [-0.15, -0.1) is 11.8 Å². The standard InChI is InChI=1S/C13H22N2OS/c1-3-15(8-5-9-16)12-6-4-7-13(17-2)11(12)10-14/h4,6-7,16H,3,5,8-10,14H2,1-2H3. The van der Waals surface area contributed by atoms with Crippen molar-refractivity contribution in [2.45, 2.75) is 24.8 Å². The molecule has 0 saturated heterocycles.